The Labute approximate surface area is 158 Å². The second kappa shape index (κ2) is 11.6. The van der Waals surface area contributed by atoms with Gasteiger partial charge in [0.1, 0.15) is 0 Å². The number of para-hydroxylation sites is 1. The first-order valence-electron chi connectivity index (χ1n) is 7.27. The first kappa shape index (κ1) is 23.1. The third-order valence-corrected chi connectivity index (χ3v) is 3.36. The van der Waals surface area contributed by atoms with E-state index in [2.05, 4.69) is 15.6 Å². The first-order valence-corrected chi connectivity index (χ1v) is 7.27. The number of methoxy groups -OCH3 is 1. The van der Waals surface area contributed by atoms with Crippen molar-refractivity contribution in [3.63, 3.8) is 0 Å². The normalized spacial score (nSPS) is 11.0. The van der Waals surface area contributed by atoms with Crippen LogP contribution in [0.3, 0.4) is 0 Å². The molecule has 1 aromatic heterocycles. The van der Waals surface area contributed by atoms with Gasteiger partial charge in [0.05, 0.1) is 30.3 Å². The van der Waals surface area contributed by atoms with Crippen LogP contribution in [0.25, 0.3) is 10.9 Å². The second-order valence-electron chi connectivity index (χ2n) is 5.00. The van der Waals surface area contributed by atoms with Crippen molar-refractivity contribution >= 4 is 53.2 Å². The molecule has 0 aliphatic carbocycles. The van der Waals surface area contributed by atoms with Crippen LogP contribution in [0.1, 0.15) is 6.42 Å². The molecule has 1 unspecified atom stereocenters. The van der Waals surface area contributed by atoms with Crippen molar-refractivity contribution < 1.29 is 14.3 Å². The molecule has 25 heavy (non-hydrogen) atoms. The Balaban J connectivity index is 0.00000288. The minimum Gasteiger partial charge on any atom is -0.380 e. The van der Waals surface area contributed by atoms with Gasteiger partial charge in [-0.15, -0.1) is 24.8 Å². The highest BCUT2D eigenvalue weighted by atomic mass is 35.5. The maximum absolute atomic E-state index is 12.0. The number of carbonyl (C=O) groups is 2. The lowest BCUT2D eigenvalue weighted by molar-refractivity contribution is -0.125. The summed E-state index contributed by atoms with van der Waals surface area (Å²) in [6.45, 7) is 0.126. The maximum atomic E-state index is 12.0. The molecule has 7 nitrogen and oxygen atoms in total. The van der Waals surface area contributed by atoms with E-state index in [1.54, 1.807) is 12.3 Å². The molecule has 0 saturated carbocycles. The Morgan fingerprint density at radius 3 is 2.60 bits per heavy atom. The van der Waals surface area contributed by atoms with E-state index in [-0.39, 0.29) is 62.2 Å². The van der Waals surface area contributed by atoms with Gasteiger partial charge in [0.2, 0.25) is 11.8 Å². The number of carbonyl (C=O) groups excluding carboxylic acids is 2. The number of halogens is 2. The lowest BCUT2D eigenvalue weighted by Crippen LogP contribution is -2.36. The van der Waals surface area contributed by atoms with Gasteiger partial charge in [-0.05, 0) is 12.1 Å². The number of hydrogen-bond acceptors (Lipinski definition) is 5. The van der Waals surface area contributed by atoms with E-state index in [1.165, 1.54) is 7.11 Å². The van der Waals surface area contributed by atoms with E-state index < -0.39 is 0 Å². The molecular formula is C16H22Cl2N4O3. The molecule has 9 heteroatoms. The summed E-state index contributed by atoms with van der Waals surface area (Å²) in [5, 5.41) is 6.22. The van der Waals surface area contributed by atoms with Gasteiger partial charge >= 0.3 is 0 Å². The van der Waals surface area contributed by atoms with Crippen molar-refractivity contribution in [2.45, 2.75) is 12.5 Å². The van der Waals surface area contributed by atoms with Gasteiger partial charge in [-0.1, -0.05) is 18.2 Å². The van der Waals surface area contributed by atoms with E-state index in [0.29, 0.717) is 11.2 Å². The highest BCUT2D eigenvalue weighted by Crippen LogP contribution is 2.20. The number of nitrogens with one attached hydrogen (secondary N) is 2. The van der Waals surface area contributed by atoms with Crippen LogP contribution in [0.5, 0.6) is 0 Å². The fourth-order valence-electron chi connectivity index (χ4n) is 2.12. The highest BCUT2D eigenvalue weighted by molar-refractivity contribution is 6.01. The average Bonchev–Trinajstić information content (AvgIpc) is 2.58. The predicted molar refractivity (Wildman–Crippen MR) is 102 cm³/mol. The molecule has 0 saturated heterocycles. The Kier molecular flexibility index (Phi) is 10.7. The molecule has 1 atom stereocenters. The number of pyridine rings is 1. The fourth-order valence-corrected chi connectivity index (χ4v) is 2.12. The number of ether oxygens (including phenoxy) is 1. The minimum atomic E-state index is -0.347. The Bertz CT molecular complexity index is 691. The summed E-state index contributed by atoms with van der Waals surface area (Å²) in [6, 6.07) is 9.26. The van der Waals surface area contributed by atoms with Gasteiger partial charge in [-0.3, -0.25) is 14.6 Å². The smallest absolute Gasteiger partial charge is 0.243 e. The number of nitrogens with two attached hydrogens (primary N) is 1. The molecule has 0 fully saturated rings. The van der Waals surface area contributed by atoms with Crippen molar-refractivity contribution in [2.75, 3.05) is 25.5 Å². The number of hydrogen-bond donors (Lipinski definition) is 3. The molecule has 0 aliphatic rings. The topological polar surface area (TPSA) is 106 Å². The second-order valence-corrected chi connectivity index (χ2v) is 5.00. The average molecular weight is 389 g/mol. The van der Waals surface area contributed by atoms with E-state index in [1.807, 2.05) is 24.3 Å². The number of nitrogens with zero attached hydrogens (tertiary/aromatic N) is 1. The summed E-state index contributed by atoms with van der Waals surface area (Å²) >= 11 is 0. The zero-order chi connectivity index (χ0) is 16.7. The number of aromatic nitrogens is 1. The molecule has 138 valence electrons. The number of anilines is 1. The molecule has 1 aromatic carbocycles. The molecule has 2 aromatic rings. The molecule has 0 bridgehead atoms. The number of benzene rings is 1. The van der Waals surface area contributed by atoms with E-state index in [9.17, 15) is 9.59 Å². The summed E-state index contributed by atoms with van der Waals surface area (Å²) in [5.41, 5.74) is 6.77. The Morgan fingerprint density at radius 2 is 1.92 bits per heavy atom. The molecular weight excluding hydrogens is 367 g/mol. The standard InChI is InChI=1S/C16H20N4O3.2ClH/c1-23-12(9-17)8-14(21)19-10-15(22)20-13-6-2-4-11-5-3-7-18-16(11)13;;/h2-7,12H,8-10,17H2,1H3,(H,19,21)(H,20,22);2*1H. The maximum Gasteiger partial charge on any atom is 0.243 e. The van der Waals surface area contributed by atoms with Crippen molar-refractivity contribution in [3.8, 4) is 0 Å². The van der Waals surface area contributed by atoms with Gasteiger partial charge < -0.3 is 21.1 Å². The summed E-state index contributed by atoms with van der Waals surface area (Å²) < 4.78 is 5.03. The molecule has 0 spiro atoms. The van der Waals surface area contributed by atoms with Crippen LogP contribution < -0.4 is 16.4 Å². The fraction of sp³-hybridized carbons (Fsp3) is 0.312. The van der Waals surface area contributed by atoms with Gasteiger partial charge in [-0.2, -0.15) is 0 Å². The quantitative estimate of drug-likeness (QED) is 0.666. The molecule has 2 rings (SSSR count). The molecule has 2 amide bonds. The van der Waals surface area contributed by atoms with Crippen LogP contribution in [-0.4, -0.2) is 43.1 Å². The van der Waals surface area contributed by atoms with Crippen LogP contribution in [0.2, 0.25) is 0 Å². The number of rotatable bonds is 7. The van der Waals surface area contributed by atoms with Crippen molar-refractivity contribution in [1.82, 2.24) is 10.3 Å². The van der Waals surface area contributed by atoms with Gasteiger partial charge in [0.15, 0.2) is 0 Å². The lowest BCUT2D eigenvalue weighted by Gasteiger charge is -2.13. The van der Waals surface area contributed by atoms with Crippen LogP contribution in [0.4, 0.5) is 5.69 Å². The molecule has 4 N–H and O–H groups in total. The summed E-state index contributed by atoms with van der Waals surface area (Å²) in [5.74, 6) is -0.605. The van der Waals surface area contributed by atoms with Gasteiger partial charge in [-0.25, -0.2) is 0 Å². The van der Waals surface area contributed by atoms with Crippen LogP contribution in [0, 0.1) is 0 Å². The van der Waals surface area contributed by atoms with Crippen LogP contribution >= 0.6 is 24.8 Å². The highest BCUT2D eigenvalue weighted by Gasteiger charge is 2.13. The van der Waals surface area contributed by atoms with E-state index in [0.717, 1.165) is 5.39 Å². The zero-order valence-electron chi connectivity index (χ0n) is 13.7. The van der Waals surface area contributed by atoms with E-state index >= 15 is 0 Å². The Hall–Kier alpha value is -1.93. The van der Waals surface area contributed by atoms with Crippen molar-refractivity contribution in [3.05, 3.63) is 36.5 Å². The van der Waals surface area contributed by atoms with Crippen molar-refractivity contribution in [2.24, 2.45) is 5.73 Å². The zero-order valence-corrected chi connectivity index (χ0v) is 15.4. The summed E-state index contributed by atoms with van der Waals surface area (Å²) in [4.78, 5) is 27.9. The Morgan fingerprint density at radius 1 is 1.20 bits per heavy atom. The predicted octanol–water partition coefficient (Wildman–Crippen LogP) is 1.50. The van der Waals surface area contributed by atoms with Crippen LogP contribution in [-0.2, 0) is 14.3 Å². The molecule has 0 aliphatic heterocycles. The van der Waals surface area contributed by atoms with Gasteiger partial charge in [0.25, 0.3) is 0 Å². The molecule has 1 heterocycles. The monoisotopic (exact) mass is 388 g/mol. The summed E-state index contributed by atoms with van der Waals surface area (Å²) in [6.07, 6.45) is 1.44. The third-order valence-electron chi connectivity index (χ3n) is 3.36. The van der Waals surface area contributed by atoms with Gasteiger partial charge in [0, 0.05) is 25.2 Å². The van der Waals surface area contributed by atoms with E-state index in [4.69, 9.17) is 10.5 Å². The SMILES string of the molecule is COC(CN)CC(=O)NCC(=O)Nc1cccc2cccnc12.Cl.Cl. The minimum absolute atomic E-state index is 0. The number of amides is 2. The lowest BCUT2D eigenvalue weighted by atomic mass is 10.2. The van der Waals surface area contributed by atoms with Crippen LogP contribution in [0.15, 0.2) is 36.5 Å². The third kappa shape index (κ3) is 6.83. The first-order chi connectivity index (χ1) is 11.1. The summed E-state index contributed by atoms with van der Waals surface area (Å²) in [7, 11) is 1.49. The molecule has 0 radical (unpaired) electrons. The number of fused-ring (bicyclic) bond motifs is 1. The largest absolute Gasteiger partial charge is 0.380 e. The van der Waals surface area contributed by atoms with Crippen molar-refractivity contribution in [1.29, 1.82) is 0 Å².